The van der Waals surface area contributed by atoms with E-state index in [4.69, 9.17) is 11.6 Å². The number of ketones is 1. The number of Topliss-reactive ketones (excluding diaryl/α,β-unsaturated/α-hetero) is 1. The number of nitrogens with zero attached hydrogens (tertiary/aromatic N) is 2. The van der Waals surface area contributed by atoms with Gasteiger partial charge in [0.05, 0.1) is 16.6 Å². The number of aliphatic hydroxyl groups is 1. The number of aromatic nitrogens is 2. The van der Waals surface area contributed by atoms with Gasteiger partial charge in [0.15, 0.2) is 0 Å². The number of benzene rings is 2. The summed E-state index contributed by atoms with van der Waals surface area (Å²) in [6.07, 6.45) is 0. The number of imidazole rings is 1. The van der Waals surface area contributed by atoms with E-state index < -0.39 is 17.7 Å². The molecular formula is C22H14ClN3O3S. The molecule has 6 nitrogen and oxygen atoms in total. The van der Waals surface area contributed by atoms with Crippen molar-refractivity contribution in [3.05, 3.63) is 87.1 Å². The van der Waals surface area contributed by atoms with Crippen molar-refractivity contribution in [1.29, 1.82) is 0 Å². The van der Waals surface area contributed by atoms with Crippen LogP contribution in [0, 0.1) is 0 Å². The van der Waals surface area contributed by atoms with Crippen molar-refractivity contribution in [2.24, 2.45) is 0 Å². The van der Waals surface area contributed by atoms with Crippen LogP contribution in [0.25, 0.3) is 16.8 Å². The Morgan fingerprint density at radius 1 is 1.07 bits per heavy atom. The number of anilines is 1. The zero-order chi connectivity index (χ0) is 20.8. The number of aromatic amines is 1. The van der Waals surface area contributed by atoms with Crippen LogP contribution in [0.15, 0.2) is 71.6 Å². The fraction of sp³-hybridized carbons (Fsp3) is 0.0455. The smallest absolute Gasteiger partial charge is 0.302 e. The van der Waals surface area contributed by atoms with Crippen molar-refractivity contribution in [2.45, 2.75) is 6.04 Å². The predicted octanol–water partition coefficient (Wildman–Crippen LogP) is 4.90. The molecule has 1 saturated heterocycles. The molecule has 2 aromatic heterocycles. The average Bonchev–Trinajstić information content (AvgIpc) is 3.47. The minimum atomic E-state index is -0.791. The number of fused-ring (bicyclic) bond motifs is 1. The van der Waals surface area contributed by atoms with Crippen LogP contribution < -0.4 is 4.90 Å². The lowest BCUT2D eigenvalue weighted by molar-refractivity contribution is -0.132. The molecular weight excluding hydrogens is 422 g/mol. The maximum Gasteiger partial charge on any atom is 0.302 e. The normalized spacial score (nSPS) is 18.4. The van der Waals surface area contributed by atoms with Gasteiger partial charge in [0, 0.05) is 15.5 Å². The Hall–Kier alpha value is -3.42. The first-order valence-corrected chi connectivity index (χ1v) is 10.4. The van der Waals surface area contributed by atoms with Gasteiger partial charge in [0.2, 0.25) is 5.95 Å². The highest BCUT2D eigenvalue weighted by molar-refractivity contribution is 7.10. The molecule has 1 aliphatic heterocycles. The van der Waals surface area contributed by atoms with Gasteiger partial charge in [-0.1, -0.05) is 29.8 Å². The van der Waals surface area contributed by atoms with Crippen molar-refractivity contribution in [3.63, 3.8) is 0 Å². The predicted molar refractivity (Wildman–Crippen MR) is 117 cm³/mol. The zero-order valence-electron chi connectivity index (χ0n) is 15.4. The van der Waals surface area contributed by atoms with E-state index in [-0.39, 0.29) is 17.3 Å². The maximum atomic E-state index is 13.0. The Morgan fingerprint density at radius 2 is 1.83 bits per heavy atom. The largest absolute Gasteiger partial charge is 0.507 e. The monoisotopic (exact) mass is 435 g/mol. The lowest BCUT2D eigenvalue weighted by atomic mass is 10.00. The minimum absolute atomic E-state index is 0.0187. The quantitative estimate of drug-likeness (QED) is 0.272. The Balaban J connectivity index is 1.71. The summed E-state index contributed by atoms with van der Waals surface area (Å²) in [4.78, 5) is 35.7. The lowest BCUT2D eigenvalue weighted by Gasteiger charge is -2.21. The molecule has 1 atom stereocenters. The summed E-state index contributed by atoms with van der Waals surface area (Å²) >= 11 is 7.34. The van der Waals surface area contributed by atoms with Gasteiger partial charge in [0.25, 0.3) is 5.78 Å². The third-order valence-corrected chi connectivity index (χ3v) is 6.16. The Kier molecular flexibility index (Phi) is 4.42. The molecule has 0 saturated carbocycles. The van der Waals surface area contributed by atoms with E-state index in [1.165, 1.54) is 16.2 Å². The molecule has 0 bridgehead atoms. The molecule has 2 aromatic carbocycles. The number of nitrogens with one attached hydrogen (secondary N) is 1. The van der Waals surface area contributed by atoms with Crippen LogP contribution in [0.1, 0.15) is 16.5 Å². The molecule has 0 spiro atoms. The number of carbonyl (C=O) groups excluding carboxylic acids is 2. The van der Waals surface area contributed by atoms with Crippen molar-refractivity contribution in [2.75, 3.05) is 4.90 Å². The molecule has 0 aliphatic carbocycles. The van der Waals surface area contributed by atoms with Crippen molar-refractivity contribution < 1.29 is 14.7 Å². The molecule has 8 heteroatoms. The number of amides is 1. The van der Waals surface area contributed by atoms with Gasteiger partial charge >= 0.3 is 5.91 Å². The number of hydrogen-bond donors (Lipinski definition) is 2. The van der Waals surface area contributed by atoms with E-state index in [2.05, 4.69) is 9.97 Å². The molecule has 5 rings (SSSR count). The van der Waals surface area contributed by atoms with Gasteiger partial charge in [-0.3, -0.25) is 14.5 Å². The van der Waals surface area contributed by atoms with E-state index >= 15 is 0 Å². The van der Waals surface area contributed by atoms with Crippen LogP contribution in [0.4, 0.5) is 5.95 Å². The molecule has 1 aliphatic rings. The second-order valence-electron chi connectivity index (χ2n) is 6.77. The summed E-state index contributed by atoms with van der Waals surface area (Å²) in [5.74, 6) is -1.50. The first kappa shape index (κ1) is 18.6. The van der Waals surface area contributed by atoms with Gasteiger partial charge in [-0.05, 0) is 47.8 Å². The summed E-state index contributed by atoms with van der Waals surface area (Å²) in [6.45, 7) is 0. The third-order valence-electron chi connectivity index (χ3n) is 4.98. The lowest BCUT2D eigenvalue weighted by Crippen LogP contribution is -2.30. The van der Waals surface area contributed by atoms with Crippen molar-refractivity contribution in [1.82, 2.24) is 9.97 Å². The Morgan fingerprint density at radius 3 is 2.53 bits per heavy atom. The molecule has 1 fully saturated rings. The number of hydrogen-bond acceptors (Lipinski definition) is 5. The summed E-state index contributed by atoms with van der Waals surface area (Å²) in [7, 11) is 0. The van der Waals surface area contributed by atoms with Crippen molar-refractivity contribution >= 4 is 57.4 Å². The highest BCUT2D eigenvalue weighted by atomic mass is 35.5. The molecule has 148 valence electrons. The summed E-state index contributed by atoms with van der Waals surface area (Å²) in [6, 6.07) is 16.7. The topological polar surface area (TPSA) is 86.3 Å². The molecule has 1 amide bonds. The molecule has 0 radical (unpaired) electrons. The Labute approximate surface area is 180 Å². The molecule has 3 heterocycles. The number of thiophene rings is 1. The molecule has 30 heavy (non-hydrogen) atoms. The second kappa shape index (κ2) is 7.12. The Bertz CT molecular complexity index is 1280. The minimum Gasteiger partial charge on any atom is -0.507 e. The number of aliphatic hydroxyl groups excluding tert-OH is 1. The summed E-state index contributed by atoms with van der Waals surface area (Å²) in [5, 5.41) is 13.3. The summed E-state index contributed by atoms with van der Waals surface area (Å²) < 4.78 is 0. The highest BCUT2D eigenvalue weighted by Crippen LogP contribution is 2.43. The van der Waals surface area contributed by atoms with E-state index in [1.807, 2.05) is 41.8 Å². The average molecular weight is 436 g/mol. The number of halogens is 1. The van der Waals surface area contributed by atoms with Crippen molar-refractivity contribution in [3.8, 4) is 0 Å². The van der Waals surface area contributed by atoms with Crippen LogP contribution in [-0.4, -0.2) is 26.8 Å². The number of H-pyrrole nitrogens is 1. The number of para-hydroxylation sites is 2. The standard InChI is InChI=1S/C22H14ClN3O3S/c23-13-9-7-12(8-10-13)19(27)17-18(16-6-3-11-30-16)26(21(29)20(17)28)22-24-14-4-1-2-5-15(14)25-22/h1-11,18,27H,(H,24,25)/b19-17+. The first-order chi connectivity index (χ1) is 14.5. The van der Waals surface area contributed by atoms with E-state index in [1.54, 1.807) is 24.3 Å². The van der Waals surface area contributed by atoms with Gasteiger partial charge < -0.3 is 10.1 Å². The van der Waals surface area contributed by atoms with Crippen LogP contribution >= 0.6 is 22.9 Å². The molecule has 2 N–H and O–H groups in total. The van der Waals surface area contributed by atoms with Crippen LogP contribution in [0.2, 0.25) is 5.02 Å². The van der Waals surface area contributed by atoms with Crippen LogP contribution in [-0.2, 0) is 9.59 Å². The second-order valence-corrected chi connectivity index (χ2v) is 8.18. The molecule has 1 unspecified atom stereocenters. The number of carbonyl (C=O) groups is 2. The van der Waals surface area contributed by atoms with Gasteiger partial charge in [-0.25, -0.2) is 4.98 Å². The van der Waals surface area contributed by atoms with Crippen LogP contribution in [0.3, 0.4) is 0 Å². The third kappa shape index (κ3) is 2.91. The van der Waals surface area contributed by atoms with E-state index in [9.17, 15) is 14.7 Å². The number of rotatable bonds is 3. The fourth-order valence-electron chi connectivity index (χ4n) is 3.58. The highest BCUT2D eigenvalue weighted by Gasteiger charge is 2.48. The van der Waals surface area contributed by atoms with E-state index in [0.717, 1.165) is 10.4 Å². The zero-order valence-corrected chi connectivity index (χ0v) is 16.9. The van der Waals surface area contributed by atoms with Crippen LogP contribution in [0.5, 0.6) is 0 Å². The fourth-order valence-corrected chi connectivity index (χ4v) is 4.53. The van der Waals surface area contributed by atoms with E-state index in [0.29, 0.717) is 16.1 Å². The van der Waals surface area contributed by atoms with Gasteiger partial charge in [-0.2, -0.15) is 0 Å². The van der Waals surface area contributed by atoms with Gasteiger partial charge in [0.1, 0.15) is 11.8 Å². The van der Waals surface area contributed by atoms with Gasteiger partial charge in [-0.15, -0.1) is 11.3 Å². The SMILES string of the molecule is O=C1C(=O)N(c2nc3ccccc3[nH]2)C(c2cccs2)/C1=C(\O)c1ccc(Cl)cc1. The maximum absolute atomic E-state index is 13.0. The first-order valence-electron chi connectivity index (χ1n) is 9.09. The molecule has 4 aromatic rings. The summed E-state index contributed by atoms with van der Waals surface area (Å²) in [5.41, 5.74) is 1.85.